The van der Waals surface area contributed by atoms with Crippen LogP contribution in [0, 0.1) is 23.6 Å². The molecule has 0 spiro atoms. The van der Waals surface area contributed by atoms with Gasteiger partial charge in [0, 0.05) is 5.92 Å². The average Bonchev–Trinajstić information content (AvgIpc) is 2.42. The van der Waals surface area contributed by atoms with E-state index in [0.717, 1.165) is 17.8 Å². The van der Waals surface area contributed by atoms with Crippen LogP contribution in [0.3, 0.4) is 0 Å². The zero-order valence-electron chi connectivity index (χ0n) is 11.5. The minimum atomic E-state index is -0.113. The summed E-state index contributed by atoms with van der Waals surface area (Å²) in [5.74, 6) is 3.10. The van der Waals surface area contributed by atoms with Gasteiger partial charge in [-0.1, -0.05) is 12.1 Å². The van der Waals surface area contributed by atoms with Crippen molar-refractivity contribution in [3.8, 4) is 0 Å². The first-order valence-electron chi connectivity index (χ1n) is 7.33. The summed E-state index contributed by atoms with van der Waals surface area (Å²) in [5.41, 5.74) is 1.37. The molecule has 0 radical (unpaired) electrons. The molecule has 3 aliphatic rings. The molecule has 3 saturated carbocycles. The number of nitrogens with two attached hydrogens (primary N) is 1. The molecule has 0 aliphatic heterocycles. The molecule has 3 aliphatic carbocycles. The van der Waals surface area contributed by atoms with E-state index in [1.165, 1.54) is 37.8 Å². The zero-order valence-corrected chi connectivity index (χ0v) is 12.2. The maximum Gasteiger partial charge on any atom is 0.123 e. The van der Waals surface area contributed by atoms with E-state index in [-0.39, 0.29) is 18.2 Å². The molecule has 1 aromatic rings. The van der Waals surface area contributed by atoms with Gasteiger partial charge in [0.05, 0.1) is 13.6 Å². The minimum absolute atomic E-state index is 0. The molecule has 0 aromatic heterocycles. The molecule has 4 rings (SSSR count). The normalized spacial score (nSPS) is 32.9. The van der Waals surface area contributed by atoms with E-state index in [2.05, 4.69) is 12.4 Å². The van der Waals surface area contributed by atoms with E-state index in [1.807, 2.05) is 12.1 Å². The van der Waals surface area contributed by atoms with Crippen molar-refractivity contribution >= 4 is 0 Å². The molecule has 0 saturated heterocycles. The molecule has 2 unspecified atom stereocenters. The first-order valence-corrected chi connectivity index (χ1v) is 7.33. The first kappa shape index (κ1) is 14.8. The molecule has 3 fully saturated rings. The summed E-state index contributed by atoms with van der Waals surface area (Å²) in [6, 6.07) is 7.29. The fourth-order valence-electron chi connectivity index (χ4n) is 4.39. The zero-order chi connectivity index (χ0) is 12.5. The van der Waals surface area contributed by atoms with Crippen molar-refractivity contribution in [3.05, 3.63) is 35.6 Å². The van der Waals surface area contributed by atoms with Gasteiger partial charge in [-0.2, -0.15) is 0 Å². The Morgan fingerprint density at radius 1 is 1.05 bits per heavy atom. The molecule has 0 amide bonds. The number of hydrogen-bond acceptors (Lipinski definition) is 0. The van der Waals surface area contributed by atoms with Gasteiger partial charge in [-0.05, 0) is 61.1 Å². The molecule has 2 bridgehead atoms. The van der Waals surface area contributed by atoms with Crippen molar-refractivity contribution in [2.24, 2.45) is 17.8 Å². The van der Waals surface area contributed by atoms with Crippen molar-refractivity contribution in [1.29, 1.82) is 0 Å². The summed E-state index contributed by atoms with van der Waals surface area (Å²) < 4.78 is 13.1. The Balaban J connectivity index is 0.00000133. The Kier molecular flexibility index (Phi) is 4.86. The van der Waals surface area contributed by atoms with Gasteiger partial charge in [0.1, 0.15) is 5.82 Å². The van der Waals surface area contributed by atoms with Gasteiger partial charge in [-0.25, -0.2) is 4.39 Å². The van der Waals surface area contributed by atoms with Crippen LogP contribution in [0.5, 0.6) is 0 Å². The number of fused-ring (bicyclic) bond motifs is 3. The third kappa shape index (κ3) is 2.80. The number of benzene rings is 1. The predicted octanol–water partition coefficient (Wildman–Crippen LogP) is -0.457. The highest BCUT2D eigenvalue weighted by molar-refractivity contribution is 5.24. The predicted molar refractivity (Wildman–Crippen MR) is 70.8 cm³/mol. The van der Waals surface area contributed by atoms with E-state index in [9.17, 15) is 4.39 Å². The second kappa shape index (κ2) is 6.23. The van der Waals surface area contributed by atoms with E-state index < -0.39 is 0 Å². The lowest BCUT2D eigenvalue weighted by atomic mass is 9.57. The van der Waals surface area contributed by atoms with Crippen LogP contribution in [-0.4, -0.2) is 13.6 Å². The van der Waals surface area contributed by atoms with Gasteiger partial charge in [0.25, 0.3) is 0 Å². The van der Waals surface area contributed by atoms with Gasteiger partial charge in [-0.15, -0.1) is 0 Å². The van der Waals surface area contributed by atoms with E-state index >= 15 is 0 Å². The standard InChI is InChI=1S/C16H22FN.ClH/c1-18-10-15-11-2-4-12(5-3-11)16(15)13-6-8-14(17)9-7-13;/h6-9,11-12,15-16,18H,2-5,10H2,1H3;1H. The number of hydrogen-bond donors (Lipinski definition) is 1. The molecule has 0 heterocycles. The lowest BCUT2D eigenvalue weighted by Gasteiger charge is -2.48. The lowest BCUT2D eigenvalue weighted by molar-refractivity contribution is -0.635. The van der Waals surface area contributed by atoms with Crippen molar-refractivity contribution in [2.75, 3.05) is 13.6 Å². The largest absolute Gasteiger partial charge is 1.00 e. The summed E-state index contributed by atoms with van der Waals surface area (Å²) in [6.45, 7) is 1.23. The summed E-state index contributed by atoms with van der Waals surface area (Å²) in [7, 11) is 2.17. The molecule has 2 atom stereocenters. The van der Waals surface area contributed by atoms with Crippen molar-refractivity contribution in [3.63, 3.8) is 0 Å². The Morgan fingerprint density at radius 3 is 2.21 bits per heavy atom. The van der Waals surface area contributed by atoms with Gasteiger partial charge in [0.2, 0.25) is 0 Å². The second-order valence-electron chi connectivity index (χ2n) is 6.06. The topological polar surface area (TPSA) is 16.6 Å². The van der Waals surface area contributed by atoms with Crippen molar-refractivity contribution in [2.45, 2.75) is 31.6 Å². The molecule has 106 valence electrons. The van der Waals surface area contributed by atoms with Gasteiger partial charge < -0.3 is 17.7 Å². The maximum atomic E-state index is 13.1. The van der Waals surface area contributed by atoms with Crippen LogP contribution in [0.1, 0.15) is 37.2 Å². The highest BCUT2D eigenvalue weighted by Crippen LogP contribution is 2.52. The van der Waals surface area contributed by atoms with Crippen LogP contribution in [-0.2, 0) is 0 Å². The highest BCUT2D eigenvalue weighted by Gasteiger charge is 2.44. The van der Waals surface area contributed by atoms with Crippen molar-refractivity contribution in [1.82, 2.24) is 0 Å². The SMILES string of the molecule is C[NH2+]CC1C2CCC(CC2)C1c1ccc(F)cc1.[Cl-]. The van der Waals surface area contributed by atoms with Gasteiger partial charge in [-0.3, -0.25) is 0 Å². The monoisotopic (exact) mass is 283 g/mol. The van der Waals surface area contributed by atoms with Gasteiger partial charge in [0.15, 0.2) is 0 Å². The lowest BCUT2D eigenvalue weighted by Crippen LogP contribution is -3.00. The van der Waals surface area contributed by atoms with Crippen LogP contribution in [0.25, 0.3) is 0 Å². The van der Waals surface area contributed by atoms with Gasteiger partial charge >= 0.3 is 0 Å². The minimum Gasteiger partial charge on any atom is -1.00 e. The quantitative estimate of drug-likeness (QED) is 0.773. The summed E-state index contributed by atoms with van der Waals surface area (Å²) >= 11 is 0. The molecular formula is C16H23ClFN. The first-order chi connectivity index (χ1) is 8.79. The van der Waals surface area contributed by atoms with E-state index in [4.69, 9.17) is 0 Å². The Hall–Kier alpha value is -0.600. The third-order valence-corrected chi connectivity index (χ3v) is 5.15. The molecule has 19 heavy (non-hydrogen) atoms. The van der Waals surface area contributed by atoms with Crippen LogP contribution in [0.15, 0.2) is 24.3 Å². The molecular weight excluding hydrogens is 261 g/mol. The number of rotatable bonds is 3. The molecule has 1 nitrogen and oxygen atoms in total. The third-order valence-electron chi connectivity index (χ3n) is 5.15. The van der Waals surface area contributed by atoms with E-state index in [1.54, 1.807) is 12.1 Å². The molecule has 2 N–H and O–H groups in total. The maximum absolute atomic E-state index is 13.1. The Bertz CT molecular complexity index is 398. The summed E-state index contributed by atoms with van der Waals surface area (Å²) in [6.07, 6.45) is 5.60. The summed E-state index contributed by atoms with van der Waals surface area (Å²) in [5, 5.41) is 2.32. The van der Waals surface area contributed by atoms with E-state index in [0.29, 0.717) is 5.92 Å². The van der Waals surface area contributed by atoms with Crippen LogP contribution in [0.2, 0.25) is 0 Å². The summed E-state index contributed by atoms with van der Waals surface area (Å²) in [4.78, 5) is 0. The van der Waals surface area contributed by atoms with Crippen molar-refractivity contribution < 1.29 is 22.1 Å². The average molecular weight is 284 g/mol. The van der Waals surface area contributed by atoms with Crippen LogP contribution in [0.4, 0.5) is 4.39 Å². The fraction of sp³-hybridized carbons (Fsp3) is 0.625. The number of halogens is 2. The Morgan fingerprint density at radius 2 is 1.63 bits per heavy atom. The molecule has 1 aromatic carbocycles. The smallest absolute Gasteiger partial charge is 0.123 e. The Labute approximate surface area is 121 Å². The van der Waals surface area contributed by atoms with Crippen LogP contribution >= 0.6 is 0 Å². The second-order valence-corrected chi connectivity index (χ2v) is 6.06. The number of quaternary nitrogens is 1. The molecule has 3 heteroatoms. The highest BCUT2D eigenvalue weighted by atomic mass is 35.5. The fourth-order valence-corrected chi connectivity index (χ4v) is 4.39. The van der Waals surface area contributed by atoms with Crippen LogP contribution < -0.4 is 17.7 Å².